The van der Waals surface area contributed by atoms with E-state index in [2.05, 4.69) is 17.7 Å². The quantitative estimate of drug-likeness (QED) is 0.552. The largest absolute Gasteiger partial charge is 0.350 e. The van der Waals surface area contributed by atoms with Crippen molar-refractivity contribution in [1.29, 1.82) is 0 Å². The predicted molar refractivity (Wildman–Crippen MR) is 73.3 cm³/mol. The minimum Gasteiger partial charge on any atom is -0.350 e. The van der Waals surface area contributed by atoms with Gasteiger partial charge in [-0.05, 0) is 38.3 Å². The zero-order chi connectivity index (χ0) is 13.1. The van der Waals surface area contributed by atoms with Crippen molar-refractivity contribution in [3.63, 3.8) is 0 Å². The second-order valence-corrected chi connectivity index (χ2v) is 5.25. The van der Waals surface area contributed by atoms with Crippen LogP contribution in [0.2, 0.25) is 0 Å². The maximum Gasteiger partial charge on any atom is 0.253 e. The van der Waals surface area contributed by atoms with Gasteiger partial charge in [0.05, 0.1) is 11.3 Å². The van der Waals surface area contributed by atoms with Crippen LogP contribution in [0.4, 0.5) is 5.69 Å². The van der Waals surface area contributed by atoms with Gasteiger partial charge in [-0.3, -0.25) is 10.6 Å². The van der Waals surface area contributed by atoms with Crippen molar-refractivity contribution in [3.05, 3.63) is 29.3 Å². The zero-order valence-corrected chi connectivity index (χ0v) is 11.0. The molecule has 1 amide bonds. The average molecular weight is 247 g/mol. The molecule has 98 valence electrons. The van der Waals surface area contributed by atoms with Gasteiger partial charge in [0.25, 0.3) is 5.91 Å². The third kappa shape index (κ3) is 3.23. The van der Waals surface area contributed by atoms with E-state index in [1.807, 2.05) is 25.1 Å². The number of hydrazine groups is 1. The monoisotopic (exact) mass is 247 g/mol. The molecule has 0 aromatic heterocycles. The predicted octanol–water partition coefficient (Wildman–Crippen LogP) is 2.20. The molecule has 4 heteroatoms. The van der Waals surface area contributed by atoms with Gasteiger partial charge in [0, 0.05) is 6.04 Å². The first-order valence-electron chi connectivity index (χ1n) is 6.48. The van der Waals surface area contributed by atoms with Gasteiger partial charge in [0.1, 0.15) is 0 Å². The van der Waals surface area contributed by atoms with E-state index in [1.165, 1.54) is 12.8 Å². The summed E-state index contributed by atoms with van der Waals surface area (Å²) in [6.45, 7) is 4.02. The van der Waals surface area contributed by atoms with Crippen LogP contribution < -0.4 is 16.6 Å². The SMILES string of the molecule is Cc1ccc(NN)c(C(=O)NC(C)CC2CC2)c1. The number of aryl methyl sites for hydroxylation is 1. The summed E-state index contributed by atoms with van der Waals surface area (Å²) in [5.74, 6) is 6.18. The van der Waals surface area contributed by atoms with Crippen molar-refractivity contribution in [3.8, 4) is 0 Å². The molecule has 4 N–H and O–H groups in total. The lowest BCUT2D eigenvalue weighted by Crippen LogP contribution is -2.33. The van der Waals surface area contributed by atoms with Crippen molar-refractivity contribution in [2.24, 2.45) is 11.8 Å². The van der Waals surface area contributed by atoms with Crippen LogP contribution in [0, 0.1) is 12.8 Å². The lowest BCUT2D eigenvalue weighted by Gasteiger charge is -2.15. The Balaban J connectivity index is 2.04. The molecule has 0 radical (unpaired) electrons. The van der Waals surface area contributed by atoms with Crippen LogP contribution in [-0.2, 0) is 0 Å². The molecule has 1 aromatic carbocycles. The van der Waals surface area contributed by atoms with Gasteiger partial charge in [-0.15, -0.1) is 0 Å². The maximum atomic E-state index is 12.2. The molecule has 1 atom stereocenters. The second-order valence-electron chi connectivity index (χ2n) is 5.25. The Morgan fingerprint density at radius 3 is 2.83 bits per heavy atom. The molecule has 0 saturated heterocycles. The van der Waals surface area contributed by atoms with Crippen molar-refractivity contribution in [2.45, 2.75) is 39.2 Å². The van der Waals surface area contributed by atoms with Gasteiger partial charge in [0.2, 0.25) is 0 Å². The summed E-state index contributed by atoms with van der Waals surface area (Å²) >= 11 is 0. The summed E-state index contributed by atoms with van der Waals surface area (Å²) in [7, 11) is 0. The number of hydrogen-bond acceptors (Lipinski definition) is 3. The van der Waals surface area contributed by atoms with Gasteiger partial charge in [-0.25, -0.2) is 0 Å². The highest BCUT2D eigenvalue weighted by Crippen LogP contribution is 2.33. The molecule has 4 nitrogen and oxygen atoms in total. The van der Waals surface area contributed by atoms with Crippen LogP contribution in [0.15, 0.2) is 18.2 Å². The first-order valence-corrected chi connectivity index (χ1v) is 6.48. The number of benzene rings is 1. The Morgan fingerprint density at radius 2 is 2.22 bits per heavy atom. The highest BCUT2D eigenvalue weighted by molar-refractivity contribution is 5.99. The van der Waals surface area contributed by atoms with Crippen LogP contribution in [0.25, 0.3) is 0 Å². The summed E-state index contributed by atoms with van der Waals surface area (Å²) in [5, 5.41) is 3.03. The number of nitrogens with one attached hydrogen (secondary N) is 2. The van der Waals surface area contributed by atoms with E-state index in [9.17, 15) is 4.79 Å². The number of nitrogens with two attached hydrogens (primary N) is 1. The second kappa shape index (κ2) is 5.40. The number of hydrogen-bond donors (Lipinski definition) is 3. The molecule has 1 aromatic rings. The standard InChI is InChI=1S/C14H21N3O/c1-9-3-6-13(17-15)12(7-9)14(18)16-10(2)8-11-4-5-11/h3,6-7,10-11,17H,4-5,8,15H2,1-2H3,(H,16,18). The smallest absolute Gasteiger partial charge is 0.253 e. The Bertz CT molecular complexity index is 441. The Morgan fingerprint density at radius 1 is 1.50 bits per heavy atom. The lowest BCUT2D eigenvalue weighted by atomic mass is 10.1. The van der Waals surface area contributed by atoms with E-state index in [0.717, 1.165) is 17.9 Å². The third-order valence-electron chi connectivity index (χ3n) is 3.34. The fourth-order valence-electron chi connectivity index (χ4n) is 2.19. The summed E-state index contributed by atoms with van der Waals surface area (Å²) in [6.07, 6.45) is 3.68. The first-order chi connectivity index (χ1) is 8.60. The number of carbonyl (C=O) groups excluding carboxylic acids is 1. The van der Waals surface area contributed by atoms with Crippen LogP contribution in [0.3, 0.4) is 0 Å². The number of rotatable bonds is 5. The van der Waals surface area contributed by atoms with Gasteiger partial charge in [-0.2, -0.15) is 0 Å². The summed E-state index contributed by atoms with van der Waals surface area (Å²) in [4.78, 5) is 12.2. The van der Waals surface area contributed by atoms with Crippen molar-refractivity contribution in [2.75, 3.05) is 5.43 Å². The minimum absolute atomic E-state index is 0.0557. The van der Waals surface area contributed by atoms with E-state index < -0.39 is 0 Å². The maximum absolute atomic E-state index is 12.2. The Hall–Kier alpha value is -1.55. The third-order valence-corrected chi connectivity index (χ3v) is 3.34. The molecule has 0 spiro atoms. The molecule has 1 aliphatic rings. The average Bonchev–Trinajstić information content (AvgIpc) is 3.12. The van der Waals surface area contributed by atoms with Crippen LogP contribution in [0.1, 0.15) is 42.1 Å². The van der Waals surface area contributed by atoms with Gasteiger partial charge in [0.15, 0.2) is 0 Å². The fraction of sp³-hybridized carbons (Fsp3) is 0.500. The highest BCUT2D eigenvalue weighted by Gasteiger charge is 2.24. The van der Waals surface area contributed by atoms with Crippen molar-refractivity contribution < 1.29 is 4.79 Å². The van der Waals surface area contributed by atoms with E-state index in [-0.39, 0.29) is 11.9 Å². The molecule has 1 saturated carbocycles. The molecular formula is C14H21N3O. The molecule has 0 bridgehead atoms. The molecule has 1 fully saturated rings. The minimum atomic E-state index is -0.0557. The normalized spacial score (nSPS) is 16.2. The molecule has 0 heterocycles. The molecule has 1 aliphatic carbocycles. The van der Waals surface area contributed by atoms with E-state index in [1.54, 1.807) is 0 Å². The summed E-state index contributed by atoms with van der Waals surface area (Å²) in [6, 6.07) is 5.83. The number of carbonyl (C=O) groups is 1. The van der Waals surface area contributed by atoms with Crippen molar-refractivity contribution >= 4 is 11.6 Å². The fourth-order valence-corrected chi connectivity index (χ4v) is 2.19. The molecule has 1 unspecified atom stereocenters. The summed E-state index contributed by atoms with van der Waals surface area (Å²) < 4.78 is 0. The zero-order valence-electron chi connectivity index (χ0n) is 11.0. The number of amides is 1. The van der Waals surface area contributed by atoms with Crippen LogP contribution in [-0.4, -0.2) is 11.9 Å². The molecule has 0 aliphatic heterocycles. The van der Waals surface area contributed by atoms with Crippen LogP contribution in [0.5, 0.6) is 0 Å². The number of anilines is 1. The molecule has 18 heavy (non-hydrogen) atoms. The van der Waals surface area contributed by atoms with E-state index >= 15 is 0 Å². The molecule has 2 rings (SSSR count). The van der Waals surface area contributed by atoms with E-state index in [0.29, 0.717) is 11.3 Å². The van der Waals surface area contributed by atoms with Crippen molar-refractivity contribution in [1.82, 2.24) is 5.32 Å². The topological polar surface area (TPSA) is 67.1 Å². The van der Waals surface area contributed by atoms with Crippen LogP contribution >= 0.6 is 0 Å². The Kier molecular flexibility index (Phi) is 3.87. The Labute approximate surface area is 108 Å². The van der Waals surface area contributed by atoms with Gasteiger partial charge < -0.3 is 10.7 Å². The first kappa shape index (κ1) is 12.9. The lowest BCUT2D eigenvalue weighted by molar-refractivity contribution is 0.0938. The molecular weight excluding hydrogens is 226 g/mol. The highest BCUT2D eigenvalue weighted by atomic mass is 16.1. The van der Waals surface area contributed by atoms with Gasteiger partial charge in [-0.1, -0.05) is 24.5 Å². The van der Waals surface area contributed by atoms with E-state index in [4.69, 9.17) is 5.84 Å². The van der Waals surface area contributed by atoms with Gasteiger partial charge >= 0.3 is 0 Å². The number of nitrogen functional groups attached to an aromatic ring is 1. The summed E-state index contributed by atoms with van der Waals surface area (Å²) in [5.41, 5.74) is 4.89.